The first-order valence-corrected chi connectivity index (χ1v) is 12.8. The molecule has 0 heterocycles. The predicted octanol–water partition coefficient (Wildman–Crippen LogP) is 4.61. The van der Waals surface area contributed by atoms with Crippen LogP contribution in [0.4, 0.5) is 17.6 Å². The van der Waals surface area contributed by atoms with E-state index in [4.69, 9.17) is 5.41 Å². The molecule has 0 unspecified atom stereocenters. The van der Waals surface area contributed by atoms with Crippen molar-refractivity contribution in [3.8, 4) is 17.2 Å². The molecule has 3 N–H and O–H groups in total. The van der Waals surface area contributed by atoms with E-state index in [2.05, 4.69) is 10.6 Å². The Morgan fingerprint density at radius 1 is 1.08 bits per heavy atom. The van der Waals surface area contributed by atoms with Crippen molar-refractivity contribution in [1.82, 2.24) is 10.6 Å². The average Bonchev–Trinajstić information content (AvgIpc) is 3.60. The van der Waals surface area contributed by atoms with Crippen molar-refractivity contribution in [3.05, 3.63) is 54.1 Å². The molecule has 0 aliphatic heterocycles. The summed E-state index contributed by atoms with van der Waals surface area (Å²) in [5.74, 6) is -0.879. The molecule has 1 fully saturated rings. The normalized spacial score (nSPS) is 16.8. The van der Waals surface area contributed by atoms with E-state index in [1.165, 1.54) is 48.5 Å². The Bertz CT molecular complexity index is 1290. The monoisotopic (exact) mass is 538 g/mol. The number of nitrogens with zero attached hydrogens (tertiary/aromatic N) is 1. The zero-order valence-corrected chi connectivity index (χ0v) is 20.9. The summed E-state index contributed by atoms with van der Waals surface area (Å²) in [4.78, 5) is 12.7. The van der Waals surface area contributed by atoms with Crippen LogP contribution in [0.3, 0.4) is 0 Å². The lowest BCUT2D eigenvalue weighted by Crippen LogP contribution is -2.53. The van der Waals surface area contributed by atoms with Gasteiger partial charge in [0.2, 0.25) is 15.7 Å². The average molecular weight is 539 g/mol. The highest BCUT2D eigenvalue weighted by Crippen LogP contribution is 2.37. The number of nitriles is 1. The van der Waals surface area contributed by atoms with E-state index in [0.29, 0.717) is 29.5 Å². The molecule has 2 aromatic carbocycles. The van der Waals surface area contributed by atoms with Gasteiger partial charge in [-0.3, -0.25) is 15.5 Å². The SMILES string of the molecule is CC(C)(F)C[C@H](N[C@@H](c1ccc(-c2ccc(S(=O)(=O)C=N)cc2)cc1)C(F)(F)F)C(=O)NC1(C#N)CC1. The highest BCUT2D eigenvalue weighted by Gasteiger charge is 2.48. The number of benzene rings is 2. The second kappa shape index (κ2) is 10.2. The van der Waals surface area contributed by atoms with Gasteiger partial charge in [0, 0.05) is 6.42 Å². The molecule has 1 aliphatic rings. The molecule has 37 heavy (non-hydrogen) atoms. The quantitative estimate of drug-likeness (QED) is 0.232. The molecule has 0 spiro atoms. The summed E-state index contributed by atoms with van der Waals surface area (Å²) in [6.07, 6.45) is -4.62. The first kappa shape index (κ1) is 28.3. The van der Waals surface area contributed by atoms with Gasteiger partial charge >= 0.3 is 6.18 Å². The van der Waals surface area contributed by atoms with Crippen molar-refractivity contribution >= 4 is 21.3 Å². The smallest absolute Gasteiger partial charge is 0.336 e. The number of halogens is 4. The number of amides is 1. The van der Waals surface area contributed by atoms with Crippen molar-refractivity contribution in [2.45, 2.75) is 67.5 Å². The van der Waals surface area contributed by atoms with Crippen LogP contribution in [-0.2, 0) is 14.6 Å². The third-order valence-electron chi connectivity index (χ3n) is 5.94. The summed E-state index contributed by atoms with van der Waals surface area (Å²) in [7, 11) is -3.84. The van der Waals surface area contributed by atoms with E-state index in [1.54, 1.807) is 0 Å². The summed E-state index contributed by atoms with van der Waals surface area (Å²) in [6.45, 7) is 2.31. The molecule has 198 valence electrons. The third-order valence-corrected chi connectivity index (χ3v) is 7.18. The first-order valence-electron chi connectivity index (χ1n) is 11.3. The molecular weight excluding hydrogens is 512 g/mol. The van der Waals surface area contributed by atoms with Gasteiger partial charge in [0.15, 0.2) is 0 Å². The van der Waals surface area contributed by atoms with Crippen LogP contribution in [0.15, 0.2) is 53.4 Å². The largest absolute Gasteiger partial charge is 0.407 e. The summed E-state index contributed by atoms with van der Waals surface area (Å²) >= 11 is 0. The van der Waals surface area contributed by atoms with Gasteiger partial charge in [-0.05, 0) is 55.5 Å². The van der Waals surface area contributed by atoms with Gasteiger partial charge in [-0.2, -0.15) is 18.4 Å². The standard InChI is InChI=1S/C25H26F4N4O3S/c1-23(2,26)13-20(22(34)33-24(14-30)11-12-24)32-21(25(27,28)29)18-5-3-16(4-6-18)17-7-9-19(10-8-17)37(35,36)15-31/h3-10,15,20-21,31-32H,11-13H2,1-2H3,(H,33,34)/t20-,21-/m0/s1. The van der Waals surface area contributed by atoms with E-state index in [-0.39, 0.29) is 10.5 Å². The Labute approximate surface area is 212 Å². The second-order valence-corrected chi connectivity index (χ2v) is 11.4. The van der Waals surface area contributed by atoms with E-state index in [0.717, 1.165) is 13.8 Å². The molecule has 1 saturated carbocycles. The van der Waals surface area contributed by atoms with Crippen molar-refractivity contribution in [1.29, 1.82) is 10.7 Å². The minimum absolute atomic E-state index is 0.0892. The molecule has 7 nitrogen and oxygen atoms in total. The van der Waals surface area contributed by atoms with Crippen molar-refractivity contribution in [2.75, 3.05) is 0 Å². The number of hydrogen-bond donors (Lipinski definition) is 3. The maximum atomic E-state index is 14.4. The Morgan fingerprint density at radius 3 is 2.00 bits per heavy atom. The Hall–Kier alpha value is -3.30. The summed E-state index contributed by atoms with van der Waals surface area (Å²) < 4.78 is 80.2. The number of hydrogen-bond acceptors (Lipinski definition) is 6. The number of nitrogens with one attached hydrogen (secondary N) is 3. The van der Waals surface area contributed by atoms with E-state index >= 15 is 0 Å². The zero-order chi connectivity index (χ0) is 27.6. The van der Waals surface area contributed by atoms with E-state index in [9.17, 15) is 36.0 Å². The van der Waals surface area contributed by atoms with Crippen LogP contribution in [0, 0.1) is 16.7 Å². The van der Waals surface area contributed by atoms with Gasteiger partial charge < -0.3 is 5.32 Å². The van der Waals surface area contributed by atoms with Gasteiger partial charge in [-0.25, -0.2) is 12.8 Å². The van der Waals surface area contributed by atoms with Crippen LogP contribution < -0.4 is 10.6 Å². The van der Waals surface area contributed by atoms with Gasteiger partial charge in [0.05, 0.1) is 17.0 Å². The Balaban J connectivity index is 1.86. The van der Waals surface area contributed by atoms with Gasteiger partial charge in [0.25, 0.3) is 0 Å². The third kappa shape index (κ3) is 7.14. The van der Waals surface area contributed by atoms with E-state index < -0.39 is 51.6 Å². The molecule has 0 bridgehead atoms. The molecule has 12 heteroatoms. The van der Waals surface area contributed by atoms with Crippen molar-refractivity contribution in [3.63, 3.8) is 0 Å². The Kier molecular flexibility index (Phi) is 7.81. The fourth-order valence-electron chi connectivity index (χ4n) is 3.78. The Morgan fingerprint density at radius 2 is 1.59 bits per heavy atom. The maximum absolute atomic E-state index is 14.4. The number of carbonyl (C=O) groups excluding carboxylic acids is 1. The molecule has 2 atom stereocenters. The fourth-order valence-corrected chi connectivity index (χ4v) is 4.43. The maximum Gasteiger partial charge on any atom is 0.407 e. The molecular formula is C25H26F4N4O3S. The molecule has 1 amide bonds. The van der Waals surface area contributed by atoms with Gasteiger partial charge in [0.1, 0.15) is 22.8 Å². The van der Waals surface area contributed by atoms with Crippen LogP contribution in [0.25, 0.3) is 11.1 Å². The predicted molar refractivity (Wildman–Crippen MR) is 129 cm³/mol. The molecule has 0 saturated heterocycles. The highest BCUT2D eigenvalue weighted by atomic mass is 32.2. The number of rotatable bonds is 10. The molecule has 2 aromatic rings. The molecule has 0 radical (unpaired) electrons. The van der Waals surface area contributed by atoms with Crippen molar-refractivity contribution < 1.29 is 30.8 Å². The molecule has 0 aromatic heterocycles. The summed E-state index contributed by atoms with van der Waals surface area (Å²) in [6, 6.07) is 8.87. The lowest BCUT2D eigenvalue weighted by Gasteiger charge is -2.30. The van der Waals surface area contributed by atoms with Crippen LogP contribution in [0.5, 0.6) is 0 Å². The van der Waals surface area contributed by atoms with Crippen LogP contribution in [0.1, 0.15) is 44.7 Å². The lowest BCUT2D eigenvalue weighted by molar-refractivity contribution is -0.161. The highest BCUT2D eigenvalue weighted by molar-refractivity contribution is 8.04. The zero-order valence-electron chi connectivity index (χ0n) is 20.1. The lowest BCUT2D eigenvalue weighted by atomic mass is 9.96. The topological polar surface area (TPSA) is 123 Å². The molecule has 1 aliphatic carbocycles. The number of carbonyl (C=O) groups is 1. The van der Waals surface area contributed by atoms with Crippen molar-refractivity contribution in [2.24, 2.45) is 0 Å². The first-order chi connectivity index (χ1) is 17.1. The van der Waals surface area contributed by atoms with E-state index in [1.807, 2.05) is 6.07 Å². The van der Waals surface area contributed by atoms with Gasteiger partial charge in [-0.15, -0.1) is 0 Å². The van der Waals surface area contributed by atoms with Crippen LogP contribution >= 0.6 is 0 Å². The van der Waals surface area contributed by atoms with Crippen LogP contribution in [-0.4, -0.2) is 43.3 Å². The van der Waals surface area contributed by atoms with Gasteiger partial charge in [-0.1, -0.05) is 36.4 Å². The van der Waals surface area contributed by atoms with Crippen LogP contribution in [0.2, 0.25) is 0 Å². The second-order valence-electron chi connectivity index (χ2n) is 9.61. The fraction of sp³-hybridized carbons (Fsp3) is 0.400. The minimum Gasteiger partial charge on any atom is -0.336 e. The molecule has 3 rings (SSSR count). The number of sulfone groups is 1. The summed E-state index contributed by atoms with van der Waals surface area (Å²) in [5, 5.41) is 20.9. The minimum atomic E-state index is -4.82. The number of alkyl halides is 4. The summed E-state index contributed by atoms with van der Waals surface area (Å²) in [5.41, 5.74) is -1.93.